The zero-order chi connectivity index (χ0) is 16.3. The maximum absolute atomic E-state index is 12.1. The smallest absolute Gasteiger partial charge is 0.269 e. The van der Waals surface area contributed by atoms with Gasteiger partial charge in [-0.3, -0.25) is 25.0 Å². The third kappa shape index (κ3) is 3.23. The number of nitrogens with zero attached hydrogens (tertiary/aromatic N) is 2. The molecule has 0 saturated heterocycles. The van der Waals surface area contributed by atoms with Crippen molar-refractivity contribution in [3.63, 3.8) is 0 Å². The van der Waals surface area contributed by atoms with E-state index in [9.17, 15) is 25.0 Å². The summed E-state index contributed by atoms with van der Waals surface area (Å²) in [6, 6.07) is 9.31. The van der Waals surface area contributed by atoms with Crippen molar-refractivity contribution >= 4 is 23.0 Å². The number of carbonyl (C=O) groups excluding carboxylic acids is 1. The molecule has 0 spiro atoms. The fourth-order valence-corrected chi connectivity index (χ4v) is 1.88. The lowest BCUT2D eigenvalue weighted by atomic mass is 10.1. The molecule has 2 aromatic rings. The molecule has 22 heavy (non-hydrogen) atoms. The quantitative estimate of drug-likeness (QED) is 0.688. The number of benzene rings is 2. The van der Waals surface area contributed by atoms with E-state index < -0.39 is 15.8 Å². The summed E-state index contributed by atoms with van der Waals surface area (Å²) in [6.07, 6.45) is 0. The molecular formula is C14H11N3O5. The summed E-state index contributed by atoms with van der Waals surface area (Å²) < 4.78 is 0. The Morgan fingerprint density at radius 3 is 2.00 bits per heavy atom. The van der Waals surface area contributed by atoms with Gasteiger partial charge in [-0.15, -0.1) is 0 Å². The average Bonchev–Trinajstić information content (AvgIpc) is 2.47. The highest BCUT2D eigenvalue weighted by molar-refractivity contribution is 6.05. The molecule has 0 aliphatic heterocycles. The zero-order valence-electron chi connectivity index (χ0n) is 11.5. The molecule has 8 nitrogen and oxygen atoms in total. The number of hydrogen-bond donors (Lipinski definition) is 1. The van der Waals surface area contributed by atoms with E-state index in [1.54, 1.807) is 6.92 Å². The van der Waals surface area contributed by atoms with E-state index in [4.69, 9.17) is 0 Å². The summed E-state index contributed by atoms with van der Waals surface area (Å²) in [7, 11) is 0. The molecule has 0 aliphatic rings. The van der Waals surface area contributed by atoms with Crippen molar-refractivity contribution in [1.82, 2.24) is 0 Å². The van der Waals surface area contributed by atoms with Crippen LogP contribution in [0.5, 0.6) is 0 Å². The lowest BCUT2D eigenvalue weighted by Crippen LogP contribution is -2.13. The lowest BCUT2D eigenvalue weighted by Gasteiger charge is -2.07. The zero-order valence-corrected chi connectivity index (χ0v) is 11.5. The fourth-order valence-electron chi connectivity index (χ4n) is 1.88. The first-order valence-corrected chi connectivity index (χ1v) is 6.19. The minimum Gasteiger partial charge on any atom is -0.322 e. The van der Waals surface area contributed by atoms with Crippen LogP contribution < -0.4 is 5.32 Å². The first-order valence-electron chi connectivity index (χ1n) is 6.19. The van der Waals surface area contributed by atoms with Gasteiger partial charge in [-0.25, -0.2) is 0 Å². The number of amides is 1. The van der Waals surface area contributed by atoms with Gasteiger partial charge in [-0.05, 0) is 30.7 Å². The van der Waals surface area contributed by atoms with Crippen LogP contribution in [0.2, 0.25) is 0 Å². The number of aryl methyl sites for hydroxylation is 1. The van der Waals surface area contributed by atoms with Gasteiger partial charge in [-0.2, -0.15) is 0 Å². The lowest BCUT2D eigenvalue weighted by molar-refractivity contribution is -0.385. The van der Waals surface area contributed by atoms with Crippen molar-refractivity contribution in [3.05, 3.63) is 73.8 Å². The van der Waals surface area contributed by atoms with Crippen molar-refractivity contribution < 1.29 is 14.6 Å². The van der Waals surface area contributed by atoms with Crippen LogP contribution in [0, 0.1) is 27.2 Å². The summed E-state index contributed by atoms with van der Waals surface area (Å²) in [5, 5.41) is 23.8. The Balaban J connectivity index is 2.18. The first-order chi connectivity index (χ1) is 10.4. The molecule has 0 bridgehead atoms. The topological polar surface area (TPSA) is 115 Å². The van der Waals surface area contributed by atoms with E-state index in [1.165, 1.54) is 42.5 Å². The molecule has 0 unspecified atom stereocenters. The molecule has 1 N–H and O–H groups in total. The number of nitro benzene ring substituents is 2. The number of non-ortho nitro benzene ring substituents is 2. The summed E-state index contributed by atoms with van der Waals surface area (Å²) in [5.74, 6) is -0.443. The minimum atomic E-state index is -0.537. The third-order valence-corrected chi connectivity index (χ3v) is 3.00. The number of nitrogens with one attached hydrogen (secondary N) is 1. The van der Waals surface area contributed by atoms with Gasteiger partial charge >= 0.3 is 0 Å². The average molecular weight is 301 g/mol. The highest BCUT2D eigenvalue weighted by Gasteiger charge is 2.14. The molecule has 1 amide bonds. The largest absolute Gasteiger partial charge is 0.322 e. The fraction of sp³-hybridized carbons (Fsp3) is 0.0714. The van der Waals surface area contributed by atoms with Crippen molar-refractivity contribution in [3.8, 4) is 0 Å². The highest BCUT2D eigenvalue weighted by Crippen LogP contribution is 2.20. The number of anilines is 1. The Morgan fingerprint density at radius 2 is 1.50 bits per heavy atom. The van der Waals surface area contributed by atoms with Gasteiger partial charge in [0.25, 0.3) is 17.3 Å². The second-order valence-corrected chi connectivity index (χ2v) is 4.51. The number of carbonyl (C=O) groups is 1. The number of rotatable bonds is 4. The molecule has 8 heteroatoms. The normalized spacial score (nSPS) is 10.0. The van der Waals surface area contributed by atoms with Gasteiger partial charge in [0, 0.05) is 35.5 Å². The van der Waals surface area contributed by atoms with Crippen LogP contribution in [0.4, 0.5) is 17.1 Å². The van der Waals surface area contributed by atoms with E-state index in [2.05, 4.69) is 5.32 Å². The van der Waals surface area contributed by atoms with Crippen molar-refractivity contribution in [1.29, 1.82) is 0 Å². The van der Waals surface area contributed by atoms with Gasteiger partial charge < -0.3 is 5.32 Å². The molecule has 0 fully saturated rings. The maximum atomic E-state index is 12.1. The highest BCUT2D eigenvalue weighted by atomic mass is 16.6. The Morgan fingerprint density at radius 1 is 0.955 bits per heavy atom. The predicted molar refractivity (Wildman–Crippen MR) is 78.9 cm³/mol. The predicted octanol–water partition coefficient (Wildman–Crippen LogP) is 3.06. The van der Waals surface area contributed by atoms with Crippen LogP contribution >= 0.6 is 0 Å². The summed E-state index contributed by atoms with van der Waals surface area (Å²) in [6.45, 7) is 1.59. The van der Waals surface area contributed by atoms with Crippen molar-refractivity contribution in [2.24, 2.45) is 0 Å². The van der Waals surface area contributed by atoms with Crippen molar-refractivity contribution in [2.45, 2.75) is 6.92 Å². The summed E-state index contributed by atoms with van der Waals surface area (Å²) in [5.41, 5.74) is 0.986. The minimum absolute atomic E-state index is 0.0792. The van der Waals surface area contributed by atoms with Crippen LogP contribution in [0.3, 0.4) is 0 Å². The van der Waals surface area contributed by atoms with E-state index in [0.717, 1.165) is 0 Å². The summed E-state index contributed by atoms with van der Waals surface area (Å²) in [4.78, 5) is 32.3. The Kier molecular flexibility index (Phi) is 4.12. The Bertz CT molecular complexity index is 756. The third-order valence-electron chi connectivity index (χ3n) is 3.00. The van der Waals surface area contributed by atoms with E-state index in [-0.39, 0.29) is 11.4 Å². The van der Waals surface area contributed by atoms with E-state index in [1.807, 2.05) is 0 Å². The molecule has 0 atom stereocenters. The molecule has 0 saturated carbocycles. The second-order valence-electron chi connectivity index (χ2n) is 4.51. The molecule has 0 aliphatic carbocycles. The molecule has 112 valence electrons. The van der Waals surface area contributed by atoms with Crippen LogP contribution in [0.15, 0.2) is 42.5 Å². The monoisotopic (exact) mass is 301 g/mol. The molecule has 0 heterocycles. The maximum Gasteiger partial charge on any atom is 0.269 e. The molecule has 0 aromatic heterocycles. The van der Waals surface area contributed by atoms with Gasteiger partial charge in [-0.1, -0.05) is 0 Å². The van der Waals surface area contributed by atoms with Crippen molar-refractivity contribution in [2.75, 3.05) is 5.32 Å². The van der Waals surface area contributed by atoms with E-state index in [0.29, 0.717) is 16.8 Å². The number of hydrogen-bond acceptors (Lipinski definition) is 5. The Hall–Kier alpha value is -3.29. The van der Waals surface area contributed by atoms with Crippen LogP contribution in [0.1, 0.15) is 15.9 Å². The standard InChI is InChI=1S/C14H11N3O5/c1-9-8-12(17(21)22)6-7-13(9)14(18)15-10-2-4-11(5-3-10)16(19)20/h2-8H,1H3,(H,15,18). The van der Waals surface area contributed by atoms with Crippen LogP contribution in [-0.2, 0) is 0 Å². The second kappa shape index (κ2) is 6.00. The van der Waals surface area contributed by atoms with Gasteiger partial charge in [0.1, 0.15) is 0 Å². The molecule has 2 rings (SSSR count). The van der Waals surface area contributed by atoms with Gasteiger partial charge in [0.2, 0.25) is 0 Å². The summed E-state index contributed by atoms with van der Waals surface area (Å²) >= 11 is 0. The number of nitro groups is 2. The molecular weight excluding hydrogens is 290 g/mol. The van der Waals surface area contributed by atoms with Gasteiger partial charge in [0.15, 0.2) is 0 Å². The SMILES string of the molecule is Cc1cc([N+](=O)[O-])ccc1C(=O)Nc1ccc([N+](=O)[O-])cc1. The molecule has 2 aromatic carbocycles. The molecule has 0 radical (unpaired) electrons. The van der Waals surface area contributed by atoms with Crippen LogP contribution in [0.25, 0.3) is 0 Å². The Labute approximate surface area is 124 Å². The van der Waals surface area contributed by atoms with Gasteiger partial charge in [0.05, 0.1) is 9.85 Å². The van der Waals surface area contributed by atoms with E-state index >= 15 is 0 Å². The first kappa shape index (κ1) is 15.1. The van der Waals surface area contributed by atoms with Crippen LogP contribution in [-0.4, -0.2) is 15.8 Å².